The van der Waals surface area contributed by atoms with E-state index in [2.05, 4.69) is 0 Å². The smallest absolute Gasteiger partial charge is 0.247 e. The minimum atomic E-state index is -0.763. The predicted octanol–water partition coefficient (Wildman–Crippen LogP) is 1.60. The molecular formula is C10H15NO3. The molecular weight excluding hydrogens is 182 g/mol. The molecule has 2 unspecified atom stereocenters. The first-order valence-corrected chi connectivity index (χ1v) is 4.89. The molecule has 0 saturated heterocycles. The summed E-state index contributed by atoms with van der Waals surface area (Å²) in [7, 11) is 1.57. The van der Waals surface area contributed by atoms with E-state index in [0.29, 0.717) is 4.90 Å². The van der Waals surface area contributed by atoms with Crippen LogP contribution in [-0.2, 0) is 9.57 Å². The summed E-state index contributed by atoms with van der Waals surface area (Å²) in [4.78, 5) is 5.76. The van der Waals surface area contributed by atoms with Gasteiger partial charge in [-0.2, -0.15) is 0 Å². The number of ether oxygens (including phenoxy) is 1. The van der Waals surface area contributed by atoms with E-state index in [0.717, 1.165) is 25.0 Å². The van der Waals surface area contributed by atoms with Gasteiger partial charge < -0.3 is 9.57 Å². The van der Waals surface area contributed by atoms with Crippen molar-refractivity contribution in [3.63, 3.8) is 0 Å². The summed E-state index contributed by atoms with van der Waals surface area (Å²) >= 11 is 0. The summed E-state index contributed by atoms with van der Waals surface area (Å²) in [6.45, 7) is 1.80. The highest BCUT2D eigenvalue weighted by molar-refractivity contribution is 5.93. The Kier molecular flexibility index (Phi) is 2.23. The largest absolute Gasteiger partial charge is 0.369 e. The maximum absolute atomic E-state index is 11.5. The molecule has 0 aromatic rings. The van der Waals surface area contributed by atoms with Gasteiger partial charge in [-0.1, -0.05) is 6.08 Å². The molecule has 4 heteroatoms. The van der Waals surface area contributed by atoms with Crippen LogP contribution in [0, 0.1) is 11.1 Å². The fourth-order valence-electron chi connectivity index (χ4n) is 2.04. The minimum absolute atomic E-state index is 0.274. The van der Waals surface area contributed by atoms with Crippen molar-refractivity contribution in [3.8, 4) is 0 Å². The number of hydrogen-bond donors (Lipinski definition) is 0. The van der Waals surface area contributed by atoms with Crippen LogP contribution in [0.5, 0.6) is 0 Å². The van der Waals surface area contributed by atoms with Crippen molar-refractivity contribution in [2.45, 2.75) is 32.0 Å². The molecule has 0 N–H and O–H groups in total. The highest BCUT2D eigenvalue weighted by atomic mass is 16.9. The van der Waals surface area contributed by atoms with Crippen LogP contribution in [0.15, 0.2) is 12.2 Å². The van der Waals surface area contributed by atoms with E-state index in [-0.39, 0.29) is 5.92 Å². The van der Waals surface area contributed by atoms with Gasteiger partial charge in [0.2, 0.25) is 5.71 Å². The highest BCUT2D eigenvalue weighted by Gasteiger charge is 2.40. The van der Waals surface area contributed by atoms with E-state index in [4.69, 9.17) is 9.57 Å². The van der Waals surface area contributed by atoms with Crippen LogP contribution in [-0.4, -0.2) is 23.5 Å². The number of allylic oxidation sites excluding steroid dienone is 2. The van der Waals surface area contributed by atoms with E-state index in [1.54, 1.807) is 14.0 Å². The van der Waals surface area contributed by atoms with Crippen molar-refractivity contribution in [1.82, 2.24) is 0 Å². The fourth-order valence-corrected chi connectivity index (χ4v) is 2.04. The first-order chi connectivity index (χ1) is 6.64. The molecule has 0 amide bonds. The van der Waals surface area contributed by atoms with Gasteiger partial charge in [0.25, 0.3) is 0 Å². The summed E-state index contributed by atoms with van der Waals surface area (Å²) < 4.78 is 5.20. The Hall–Kier alpha value is -1.03. The maximum atomic E-state index is 11.5. The third kappa shape index (κ3) is 1.50. The molecule has 2 aliphatic rings. The molecule has 4 nitrogen and oxygen atoms in total. The molecule has 1 aliphatic carbocycles. The molecule has 0 aromatic carbocycles. The minimum Gasteiger partial charge on any atom is -0.369 e. The zero-order valence-corrected chi connectivity index (χ0v) is 8.53. The molecule has 0 aromatic heterocycles. The summed E-state index contributed by atoms with van der Waals surface area (Å²) in [6.07, 6.45) is 6.66. The molecule has 2 atom stereocenters. The molecule has 0 spiro atoms. The molecule has 2 rings (SSSR count). The van der Waals surface area contributed by atoms with Gasteiger partial charge in [-0.05, 0) is 19.8 Å². The second kappa shape index (κ2) is 3.28. The summed E-state index contributed by atoms with van der Waals surface area (Å²) in [6, 6.07) is 0. The Morgan fingerprint density at radius 3 is 3.21 bits per heavy atom. The quantitative estimate of drug-likeness (QED) is 0.600. The summed E-state index contributed by atoms with van der Waals surface area (Å²) in [5.41, 5.74) is 0.728. The predicted molar refractivity (Wildman–Crippen MR) is 51.6 cm³/mol. The van der Waals surface area contributed by atoms with E-state index in [9.17, 15) is 5.21 Å². The molecule has 0 bridgehead atoms. The standard InChI is InChI=1S/C10H15NO3/c1-10(13-2)7-8-5-3-4-6-9(8)11(12)14-10/h4,6,8H,3,5,7H2,1-2H3. The Morgan fingerprint density at radius 1 is 1.71 bits per heavy atom. The number of methoxy groups -OCH3 is 1. The van der Waals surface area contributed by atoms with Gasteiger partial charge >= 0.3 is 0 Å². The van der Waals surface area contributed by atoms with Crippen molar-refractivity contribution < 1.29 is 14.5 Å². The van der Waals surface area contributed by atoms with E-state index in [1.165, 1.54) is 0 Å². The lowest BCUT2D eigenvalue weighted by atomic mass is 9.86. The molecule has 78 valence electrons. The van der Waals surface area contributed by atoms with Gasteiger partial charge in [-0.3, -0.25) is 5.21 Å². The van der Waals surface area contributed by atoms with Crippen LogP contribution in [0.3, 0.4) is 0 Å². The molecule has 1 aliphatic heterocycles. The monoisotopic (exact) mass is 197 g/mol. The van der Waals surface area contributed by atoms with E-state index >= 15 is 0 Å². The Labute approximate surface area is 83.4 Å². The number of fused-ring (bicyclic) bond motifs is 1. The topological polar surface area (TPSA) is 44.5 Å². The summed E-state index contributed by atoms with van der Waals surface area (Å²) in [5, 5.41) is 11.5. The van der Waals surface area contributed by atoms with Crippen LogP contribution in [0.4, 0.5) is 0 Å². The molecule has 1 heterocycles. The van der Waals surface area contributed by atoms with Crippen LogP contribution in [0.25, 0.3) is 0 Å². The van der Waals surface area contributed by atoms with Gasteiger partial charge in [-0.25, -0.2) is 0 Å². The molecule has 0 saturated carbocycles. The zero-order chi connectivity index (χ0) is 10.2. The van der Waals surface area contributed by atoms with Gasteiger partial charge in [0, 0.05) is 24.5 Å². The maximum Gasteiger partial charge on any atom is 0.247 e. The lowest BCUT2D eigenvalue weighted by Crippen LogP contribution is -2.45. The highest BCUT2D eigenvalue weighted by Crippen LogP contribution is 2.32. The van der Waals surface area contributed by atoms with Gasteiger partial charge in [-0.15, -0.1) is 0 Å². The lowest BCUT2D eigenvalue weighted by molar-refractivity contribution is -0.787. The average molecular weight is 197 g/mol. The average Bonchev–Trinajstić information content (AvgIpc) is 2.18. The van der Waals surface area contributed by atoms with Crippen LogP contribution in [0.1, 0.15) is 26.2 Å². The number of rotatable bonds is 1. The molecule has 0 fully saturated rings. The SMILES string of the molecule is COC1(C)CC2CCC=CC2=[N+]([O-])O1. The van der Waals surface area contributed by atoms with E-state index < -0.39 is 5.79 Å². The first-order valence-electron chi connectivity index (χ1n) is 4.89. The zero-order valence-electron chi connectivity index (χ0n) is 8.53. The van der Waals surface area contributed by atoms with Crippen molar-refractivity contribution in [2.24, 2.45) is 5.92 Å². The molecule has 14 heavy (non-hydrogen) atoms. The van der Waals surface area contributed by atoms with Gasteiger partial charge in [0.05, 0.1) is 5.92 Å². The van der Waals surface area contributed by atoms with Crippen molar-refractivity contribution in [3.05, 3.63) is 17.4 Å². The number of hydrogen-bond acceptors (Lipinski definition) is 3. The fraction of sp³-hybridized carbons (Fsp3) is 0.700. The summed E-state index contributed by atoms with van der Waals surface area (Å²) in [5.74, 6) is -0.489. The normalized spacial score (nSPS) is 36.6. The van der Waals surface area contributed by atoms with Crippen molar-refractivity contribution >= 4 is 5.71 Å². The van der Waals surface area contributed by atoms with Crippen LogP contribution >= 0.6 is 0 Å². The van der Waals surface area contributed by atoms with E-state index in [1.807, 2.05) is 12.2 Å². The Bertz CT molecular complexity index is 298. The Balaban J connectivity index is 2.29. The third-order valence-corrected chi connectivity index (χ3v) is 2.92. The lowest BCUT2D eigenvalue weighted by Gasteiger charge is -2.37. The van der Waals surface area contributed by atoms with Crippen molar-refractivity contribution in [2.75, 3.05) is 7.11 Å². The van der Waals surface area contributed by atoms with Crippen molar-refractivity contribution in [1.29, 1.82) is 0 Å². The van der Waals surface area contributed by atoms with Gasteiger partial charge in [0.15, 0.2) is 5.79 Å². The second-order valence-corrected chi connectivity index (χ2v) is 3.99. The Morgan fingerprint density at radius 2 is 2.50 bits per heavy atom. The van der Waals surface area contributed by atoms with Crippen LogP contribution in [0.2, 0.25) is 0 Å². The molecule has 0 radical (unpaired) electrons. The van der Waals surface area contributed by atoms with Gasteiger partial charge in [0.1, 0.15) is 0 Å². The number of nitrogens with zero attached hydrogens (tertiary/aromatic N) is 1. The first kappa shape index (κ1) is 9.52. The third-order valence-electron chi connectivity index (χ3n) is 2.92. The second-order valence-electron chi connectivity index (χ2n) is 3.99. The van der Waals surface area contributed by atoms with Crippen LogP contribution < -0.4 is 0 Å².